The van der Waals surface area contributed by atoms with Crippen LogP contribution < -0.4 is 10.6 Å². The first-order valence-electron chi connectivity index (χ1n) is 5.66. The molecule has 4 nitrogen and oxygen atoms in total. The quantitative estimate of drug-likeness (QED) is 0.240. The van der Waals surface area contributed by atoms with Crippen LogP contribution in [-0.4, -0.2) is 39.3 Å². The maximum absolute atomic E-state index is 5.46. The molecule has 0 radical (unpaired) electrons. The summed E-state index contributed by atoms with van der Waals surface area (Å²) in [5, 5.41) is 6.09. The number of halogens is 1. The Labute approximate surface area is 122 Å². The van der Waals surface area contributed by atoms with Crippen LogP contribution in [0.4, 0.5) is 0 Å². The molecule has 2 N–H and O–H groups in total. The summed E-state index contributed by atoms with van der Waals surface area (Å²) in [4.78, 5) is 4.01. The normalized spacial score (nSPS) is 10.6. The zero-order chi connectivity index (χ0) is 12.2. The Balaban J connectivity index is 0. The number of rotatable bonds is 7. The van der Waals surface area contributed by atoms with Crippen molar-refractivity contribution in [3.8, 4) is 12.3 Å². The summed E-state index contributed by atoms with van der Waals surface area (Å²) in [5.41, 5.74) is 0. The standard InChI is InChI=1S/C12H23N3O.HI/c1-5-7-14-12(13-4)15-8-10-16-9-6-11(2)3;/h1,11H,6-10H2,2-4H3,(H2,13,14,15);1H. The number of hydrogen-bond acceptors (Lipinski definition) is 2. The zero-order valence-corrected chi connectivity index (χ0v) is 13.3. The van der Waals surface area contributed by atoms with Crippen LogP contribution in [0.5, 0.6) is 0 Å². The summed E-state index contributed by atoms with van der Waals surface area (Å²) in [5.74, 6) is 3.90. The van der Waals surface area contributed by atoms with E-state index >= 15 is 0 Å². The lowest BCUT2D eigenvalue weighted by molar-refractivity contribution is 0.128. The summed E-state index contributed by atoms with van der Waals surface area (Å²) >= 11 is 0. The van der Waals surface area contributed by atoms with Gasteiger partial charge in [0.25, 0.3) is 0 Å². The fourth-order valence-electron chi connectivity index (χ4n) is 1.02. The van der Waals surface area contributed by atoms with Crippen molar-refractivity contribution in [1.82, 2.24) is 10.6 Å². The Bertz CT molecular complexity index is 236. The minimum Gasteiger partial charge on any atom is -0.380 e. The largest absolute Gasteiger partial charge is 0.380 e. The molecule has 0 aromatic rings. The molecule has 0 bridgehead atoms. The van der Waals surface area contributed by atoms with E-state index in [0.717, 1.165) is 19.6 Å². The van der Waals surface area contributed by atoms with Crippen LogP contribution in [0.25, 0.3) is 0 Å². The predicted octanol–water partition coefficient (Wildman–Crippen LogP) is 1.47. The molecule has 0 aromatic heterocycles. The van der Waals surface area contributed by atoms with E-state index in [0.29, 0.717) is 25.0 Å². The van der Waals surface area contributed by atoms with Crippen LogP contribution in [-0.2, 0) is 4.74 Å². The first kappa shape index (κ1) is 18.9. The smallest absolute Gasteiger partial charge is 0.191 e. The molecular formula is C12H24IN3O. The van der Waals surface area contributed by atoms with Gasteiger partial charge in [-0.2, -0.15) is 0 Å². The number of guanidine groups is 1. The van der Waals surface area contributed by atoms with Gasteiger partial charge in [-0.15, -0.1) is 30.4 Å². The molecule has 0 amide bonds. The molecule has 0 saturated heterocycles. The zero-order valence-electron chi connectivity index (χ0n) is 11.0. The molecule has 17 heavy (non-hydrogen) atoms. The van der Waals surface area contributed by atoms with Crippen molar-refractivity contribution in [2.24, 2.45) is 10.9 Å². The highest BCUT2D eigenvalue weighted by Gasteiger charge is 1.96. The monoisotopic (exact) mass is 353 g/mol. The summed E-state index contributed by atoms with van der Waals surface area (Å²) in [7, 11) is 1.71. The third-order valence-electron chi connectivity index (χ3n) is 1.96. The molecule has 0 unspecified atom stereocenters. The average Bonchev–Trinajstić information content (AvgIpc) is 2.26. The number of aliphatic imine (C=N–C) groups is 1. The van der Waals surface area contributed by atoms with Gasteiger partial charge in [0.2, 0.25) is 0 Å². The van der Waals surface area contributed by atoms with Gasteiger partial charge >= 0.3 is 0 Å². The molecule has 0 aromatic carbocycles. The number of nitrogens with zero attached hydrogens (tertiary/aromatic N) is 1. The number of ether oxygens (including phenoxy) is 1. The van der Waals surface area contributed by atoms with Gasteiger partial charge in [-0.05, 0) is 12.3 Å². The lowest BCUT2D eigenvalue weighted by atomic mass is 10.1. The van der Waals surface area contributed by atoms with Gasteiger partial charge in [0, 0.05) is 20.2 Å². The molecule has 0 aliphatic heterocycles. The van der Waals surface area contributed by atoms with Crippen molar-refractivity contribution in [3.63, 3.8) is 0 Å². The van der Waals surface area contributed by atoms with Gasteiger partial charge in [0.05, 0.1) is 13.2 Å². The second-order valence-corrected chi connectivity index (χ2v) is 3.85. The Morgan fingerprint density at radius 1 is 1.35 bits per heavy atom. The molecule has 0 fully saturated rings. The maximum atomic E-state index is 5.46. The minimum atomic E-state index is 0. The Morgan fingerprint density at radius 2 is 2.06 bits per heavy atom. The SMILES string of the molecule is C#CCNC(=NC)NCCOCCC(C)C.I. The van der Waals surface area contributed by atoms with Crippen molar-refractivity contribution >= 4 is 29.9 Å². The number of nitrogens with one attached hydrogen (secondary N) is 2. The van der Waals surface area contributed by atoms with Crippen LogP contribution in [0.3, 0.4) is 0 Å². The van der Waals surface area contributed by atoms with Crippen LogP contribution in [0, 0.1) is 18.3 Å². The highest BCUT2D eigenvalue weighted by atomic mass is 127. The highest BCUT2D eigenvalue weighted by Crippen LogP contribution is 1.98. The average molecular weight is 353 g/mol. The van der Waals surface area contributed by atoms with Crippen LogP contribution in [0.15, 0.2) is 4.99 Å². The maximum Gasteiger partial charge on any atom is 0.191 e. The van der Waals surface area contributed by atoms with Gasteiger partial charge in [-0.3, -0.25) is 4.99 Å². The molecule has 0 saturated carbocycles. The first-order valence-corrected chi connectivity index (χ1v) is 5.66. The molecule has 5 heteroatoms. The third-order valence-corrected chi connectivity index (χ3v) is 1.96. The van der Waals surface area contributed by atoms with E-state index in [9.17, 15) is 0 Å². The van der Waals surface area contributed by atoms with Crippen molar-refractivity contribution in [2.75, 3.05) is 33.4 Å². The lowest BCUT2D eigenvalue weighted by Crippen LogP contribution is -2.39. The van der Waals surface area contributed by atoms with E-state index in [4.69, 9.17) is 11.2 Å². The fraction of sp³-hybridized carbons (Fsp3) is 0.750. The van der Waals surface area contributed by atoms with Crippen LogP contribution in [0.1, 0.15) is 20.3 Å². The van der Waals surface area contributed by atoms with E-state index in [1.807, 2.05) is 0 Å². The second kappa shape index (κ2) is 13.6. The molecule has 0 aliphatic carbocycles. The molecule has 0 aliphatic rings. The van der Waals surface area contributed by atoms with Gasteiger partial charge in [-0.1, -0.05) is 19.8 Å². The number of hydrogen-bond donors (Lipinski definition) is 2. The molecule has 0 rings (SSSR count). The Hall–Kier alpha value is -0.480. The molecule has 0 atom stereocenters. The fourth-order valence-corrected chi connectivity index (χ4v) is 1.02. The lowest BCUT2D eigenvalue weighted by Gasteiger charge is -2.10. The number of terminal acetylenes is 1. The highest BCUT2D eigenvalue weighted by molar-refractivity contribution is 14.0. The van der Waals surface area contributed by atoms with Crippen LogP contribution in [0.2, 0.25) is 0 Å². The first-order chi connectivity index (χ1) is 7.70. The predicted molar refractivity (Wildman–Crippen MR) is 83.9 cm³/mol. The van der Waals surface area contributed by atoms with Gasteiger partial charge < -0.3 is 15.4 Å². The van der Waals surface area contributed by atoms with E-state index in [2.05, 4.69) is 35.4 Å². The van der Waals surface area contributed by atoms with Crippen molar-refractivity contribution in [1.29, 1.82) is 0 Å². The van der Waals surface area contributed by atoms with E-state index in [1.54, 1.807) is 7.05 Å². The topological polar surface area (TPSA) is 45.7 Å². The van der Waals surface area contributed by atoms with Crippen molar-refractivity contribution in [2.45, 2.75) is 20.3 Å². The van der Waals surface area contributed by atoms with Crippen LogP contribution >= 0.6 is 24.0 Å². The molecule has 0 heterocycles. The summed E-state index contributed by atoms with van der Waals surface area (Å²) in [6.07, 6.45) is 6.24. The van der Waals surface area contributed by atoms with E-state index in [-0.39, 0.29) is 24.0 Å². The summed E-state index contributed by atoms with van der Waals surface area (Å²) < 4.78 is 5.46. The Morgan fingerprint density at radius 3 is 2.59 bits per heavy atom. The van der Waals surface area contributed by atoms with Gasteiger partial charge in [-0.25, -0.2) is 0 Å². The molecule has 100 valence electrons. The Kier molecular flexibility index (Phi) is 15.1. The van der Waals surface area contributed by atoms with Gasteiger partial charge in [0.15, 0.2) is 5.96 Å². The summed E-state index contributed by atoms with van der Waals surface area (Å²) in [6, 6.07) is 0. The summed E-state index contributed by atoms with van der Waals surface area (Å²) in [6.45, 7) is 7.09. The molecule has 0 spiro atoms. The van der Waals surface area contributed by atoms with Gasteiger partial charge in [0.1, 0.15) is 0 Å². The molecular weight excluding hydrogens is 329 g/mol. The third kappa shape index (κ3) is 13.5. The van der Waals surface area contributed by atoms with E-state index in [1.165, 1.54) is 0 Å². The van der Waals surface area contributed by atoms with Crippen molar-refractivity contribution < 1.29 is 4.74 Å². The van der Waals surface area contributed by atoms with E-state index < -0.39 is 0 Å². The second-order valence-electron chi connectivity index (χ2n) is 3.85. The van der Waals surface area contributed by atoms with Crippen molar-refractivity contribution in [3.05, 3.63) is 0 Å². The minimum absolute atomic E-state index is 0.